The van der Waals surface area contributed by atoms with Gasteiger partial charge in [0, 0.05) is 12.2 Å². The Morgan fingerprint density at radius 3 is 2.83 bits per heavy atom. The fraction of sp³-hybridized carbons (Fsp3) is 0.444. The lowest BCUT2D eigenvalue weighted by atomic mass is 10.1. The summed E-state index contributed by atoms with van der Waals surface area (Å²) < 4.78 is 0. The van der Waals surface area contributed by atoms with Crippen LogP contribution >= 0.6 is 0 Å². The summed E-state index contributed by atoms with van der Waals surface area (Å²) in [6.07, 6.45) is 3.63. The van der Waals surface area contributed by atoms with Crippen molar-refractivity contribution in [3.8, 4) is 0 Å². The van der Waals surface area contributed by atoms with Crippen LogP contribution in [0.25, 0.3) is 0 Å². The number of nitrogens with two attached hydrogens (primary N) is 2. The Kier molecular flexibility index (Phi) is 3.70. The third kappa shape index (κ3) is 2.60. The SMILES string of the molecule is NCCC[C@@H](N)c1ccccn1. The van der Waals surface area contributed by atoms with Crippen LogP contribution in [0.2, 0.25) is 0 Å². The molecule has 1 heterocycles. The highest BCUT2D eigenvalue weighted by Gasteiger charge is 2.04. The Balaban J connectivity index is 2.48. The van der Waals surface area contributed by atoms with Crippen molar-refractivity contribution in [1.29, 1.82) is 0 Å². The van der Waals surface area contributed by atoms with Gasteiger partial charge in [0.25, 0.3) is 0 Å². The van der Waals surface area contributed by atoms with E-state index in [-0.39, 0.29) is 6.04 Å². The summed E-state index contributed by atoms with van der Waals surface area (Å²) in [4.78, 5) is 4.17. The molecule has 66 valence electrons. The molecule has 0 saturated heterocycles. The maximum absolute atomic E-state index is 5.86. The van der Waals surface area contributed by atoms with Gasteiger partial charge in [0.2, 0.25) is 0 Å². The quantitative estimate of drug-likeness (QED) is 0.694. The molecular weight excluding hydrogens is 150 g/mol. The van der Waals surface area contributed by atoms with E-state index in [9.17, 15) is 0 Å². The van der Waals surface area contributed by atoms with E-state index in [1.54, 1.807) is 6.20 Å². The lowest BCUT2D eigenvalue weighted by Gasteiger charge is -2.08. The van der Waals surface area contributed by atoms with Crippen molar-refractivity contribution in [2.45, 2.75) is 18.9 Å². The molecule has 0 aliphatic heterocycles. The smallest absolute Gasteiger partial charge is 0.0570 e. The fourth-order valence-corrected chi connectivity index (χ4v) is 1.08. The van der Waals surface area contributed by atoms with Gasteiger partial charge in [-0.2, -0.15) is 0 Å². The zero-order chi connectivity index (χ0) is 8.81. The van der Waals surface area contributed by atoms with Crippen molar-refractivity contribution in [2.75, 3.05) is 6.54 Å². The number of aromatic nitrogens is 1. The Morgan fingerprint density at radius 1 is 1.42 bits per heavy atom. The summed E-state index contributed by atoms with van der Waals surface area (Å²) in [5.74, 6) is 0. The Bertz CT molecular complexity index is 210. The summed E-state index contributed by atoms with van der Waals surface area (Å²) in [6, 6.07) is 5.82. The zero-order valence-corrected chi connectivity index (χ0v) is 7.11. The predicted octanol–water partition coefficient (Wildman–Crippen LogP) is 0.820. The number of rotatable bonds is 4. The van der Waals surface area contributed by atoms with Crippen LogP contribution in [-0.2, 0) is 0 Å². The minimum atomic E-state index is 0.0368. The Labute approximate surface area is 72.8 Å². The summed E-state index contributed by atoms with van der Waals surface area (Å²) in [7, 11) is 0. The van der Waals surface area contributed by atoms with Gasteiger partial charge in [-0.3, -0.25) is 4.98 Å². The topological polar surface area (TPSA) is 64.9 Å². The lowest BCUT2D eigenvalue weighted by Crippen LogP contribution is -2.13. The third-order valence-electron chi connectivity index (χ3n) is 1.79. The minimum Gasteiger partial charge on any atom is -0.330 e. The summed E-state index contributed by atoms with van der Waals surface area (Å²) >= 11 is 0. The second kappa shape index (κ2) is 4.85. The molecule has 0 unspecified atom stereocenters. The van der Waals surface area contributed by atoms with Crippen molar-refractivity contribution in [3.63, 3.8) is 0 Å². The molecule has 0 fully saturated rings. The predicted molar refractivity (Wildman–Crippen MR) is 49.5 cm³/mol. The molecular formula is C9H15N3. The Hall–Kier alpha value is -0.930. The van der Waals surface area contributed by atoms with Gasteiger partial charge in [-0.1, -0.05) is 6.07 Å². The van der Waals surface area contributed by atoms with Gasteiger partial charge < -0.3 is 11.5 Å². The van der Waals surface area contributed by atoms with Crippen LogP contribution in [0.4, 0.5) is 0 Å². The largest absolute Gasteiger partial charge is 0.330 e. The number of nitrogens with zero attached hydrogens (tertiary/aromatic N) is 1. The van der Waals surface area contributed by atoms with E-state index in [4.69, 9.17) is 11.5 Å². The molecule has 0 saturated carbocycles. The van der Waals surface area contributed by atoms with Crippen LogP contribution in [0, 0.1) is 0 Å². The highest BCUT2D eigenvalue weighted by molar-refractivity contribution is 5.07. The van der Waals surface area contributed by atoms with Crippen molar-refractivity contribution < 1.29 is 0 Å². The van der Waals surface area contributed by atoms with Crippen LogP contribution in [0.3, 0.4) is 0 Å². The molecule has 1 aromatic rings. The van der Waals surface area contributed by atoms with Crippen LogP contribution in [0.5, 0.6) is 0 Å². The molecule has 0 aliphatic carbocycles. The molecule has 0 amide bonds. The van der Waals surface area contributed by atoms with Gasteiger partial charge in [-0.05, 0) is 31.5 Å². The summed E-state index contributed by atoms with van der Waals surface area (Å²) in [6.45, 7) is 0.695. The standard InChI is InChI=1S/C9H15N3/c10-6-3-4-8(11)9-5-1-2-7-12-9/h1-2,5,7-8H,3-4,6,10-11H2/t8-/m1/s1. The average Bonchev–Trinajstić information content (AvgIpc) is 2.15. The van der Waals surface area contributed by atoms with Gasteiger partial charge in [0.05, 0.1) is 5.69 Å². The average molecular weight is 165 g/mol. The van der Waals surface area contributed by atoms with E-state index in [2.05, 4.69) is 4.98 Å². The lowest BCUT2D eigenvalue weighted by molar-refractivity contribution is 0.604. The molecule has 0 aromatic carbocycles. The van der Waals surface area contributed by atoms with Crippen molar-refractivity contribution in [1.82, 2.24) is 4.98 Å². The first-order valence-corrected chi connectivity index (χ1v) is 4.21. The highest BCUT2D eigenvalue weighted by Crippen LogP contribution is 2.11. The van der Waals surface area contributed by atoms with Crippen molar-refractivity contribution in [2.24, 2.45) is 11.5 Å². The van der Waals surface area contributed by atoms with Gasteiger partial charge in [0.1, 0.15) is 0 Å². The number of hydrogen-bond acceptors (Lipinski definition) is 3. The second-order valence-corrected chi connectivity index (χ2v) is 2.79. The van der Waals surface area contributed by atoms with E-state index in [1.807, 2.05) is 18.2 Å². The summed E-state index contributed by atoms with van der Waals surface area (Å²) in [5, 5.41) is 0. The normalized spacial score (nSPS) is 12.8. The van der Waals surface area contributed by atoms with Crippen LogP contribution in [0.1, 0.15) is 24.6 Å². The first kappa shape index (κ1) is 9.16. The third-order valence-corrected chi connectivity index (χ3v) is 1.79. The molecule has 1 aromatic heterocycles. The van der Waals surface area contributed by atoms with E-state index < -0.39 is 0 Å². The highest BCUT2D eigenvalue weighted by atomic mass is 14.8. The van der Waals surface area contributed by atoms with E-state index in [0.29, 0.717) is 6.54 Å². The fourth-order valence-electron chi connectivity index (χ4n) is 1.08. The van der Waals surface area contributed by atoms with E-state index in [1.165, 1.54) is 0 Å². The van der Waals surface area contributed by atoms with E-state index >= 15 is 0 Å². The van der Waals surface area contributed by atoms with E-state index in [0.717, 1.165) is 18.5 Å². The van der Waals surface area contributed by atoms with Gasteiger partial charge in [0.15, 0.2) is 0 Å². The molecule has 0 bridgehead atoms. The molecule has 4 N–H and O–H groups in total. The first-order valence-electron chi connectivity index (χ1n) is 4.21. The molecule has 0 radical (unpaired) electrons. The second-order valence-electron chi connectivity index (χ2n) is 2.79. The van der Waals surface area contributed by atoms with Crippen molar-refractivity contribution in [3.05, 3.63) is 30.1 Å². The minimum absolute atomic E-state index is 0.0368. The van der Waals surface area contributed by atoms with Crippen LogP contribution in [0.15, 0.2) is 24.4 Å². The summed E-state index contributed by atoms with van der Waals surface area (Å²) in [5.41, 5.74) is 12.2. The maximum atomic E-state index is 5.86. The first-order chi connectivity index (χ1) is 5.84. The Morgan fingerprint density at radius 2 is 2.25 bits per heavy atom. The molecule has 3 nitrogen and oxygen atoms in total. The number of hydrogen-bond donors (Lipinski definition) is 2. The maximum Gasteiger partial charge on any atom is 0.0570 e. The molecule has 12 heavy (non-hydrogen) atoms. The monoisotopic (exact) mass is 165 g/mol. The van der Waals surface area contributed by atoms with Gasteiger partial charge in [-0.25, -0.2) is 0 Å². The molecule has 3 heteroatoms. The molecule has 1 rings (SSSR count). The molecule has 0 aliphatic rings. The number of pyridine rings is 1. The van der Waals surface area contributed by atoms with Crippen LogP contribution in [-0.4, -0.2) is 11.5 Å². The van der Waals surface area contributed by atoms with Crippen molar-refractivity contribution >= 4 is 0 Å². The van der Waals surface area contributed by atoms with Gasteiger partial charge >= 0.3 is 0 Å². The molecule has 0 spiro atoms. The zero-order valence-electron chi connectivity index (χ0n) is 7.11. The molecule has 1 atom stereocenters. The van der Waals surface area contributed by atoms with Gasteiger partial charge in [-0.15, -0.1) is 0 Å². The van der Waals surface area contributed by atoms with Crippen LogP contribution < -0.4 is 11.5 Å².